The summed E-state index contributed by atoms with van der Waals surface area (Å²) < 4.78 is 5.20. The van der Waals surface area contributed by atoms with Crippen molar-refractivity contribution in [2.75, 3.05) is 31.8 Å². The smallest absolute Gasteiger partial charge is 0.340 e. The molecule has 1 aliphatic carbocycles. The molecule has 172 valence electrons. The molecule has 0 bridgehead atoms. The van der Waals surface area contributed by atoms with Crippen LogP contribution in [0.15, 0.2) is 29.3 Å². The topological polar surface area (TPSA) is 112 Å². The minimum atomic E-state index is -0.757. The minimum absolute atomic E-state index is 0.113. The molecule has 0 atom stereocenters. The number of aromatic nitrogens is 1. The number of likely N-dealkylation sites (N-methyl/N-ethyl adjacent to an activating group) is 1. The molecule has 1 fully saturated rings. The number of thioether (sulfide) groups is 1. The molecule has 0 aliphatic heterocycles. The van der Waals surface area contributed by atoms with E-state index in [9.17, 15) is 19.6 Å². The molecule has 0 saturated heterocycles. The number of benzene rings is 1. The van der Waals surface area contributed by atoms with Crippen molar-refractivity contribution in [2.24, 2.45) is 0 Å². The summed E-state index contributed by atoms with van der Waals surface area (Å²) in [5.41, 5.74) is 3.58. The van der Waals surface area contributed by atoms with Gasteiger partial charge in [0, 0.05) is 24.3 Å². The second-order valence-electron chi connectivity index (χ2n) is 8.01. The molecule has 0 radical (unpaired) electrons. The van der Waals surface area contributed by atoms with Gasteiger partial charge in [-0.15, -0.1) is 11.8 Å². The van der Waals surface area contributed by atoms with Crippen molar-refractivity contribution in [3.63, 3.8) is 0 Å². The summed E-state index contributed by atoms with van der Waals surface area (Å²) in [6.07, 6.45) is 3.78. The number of nitrogens with one attached hydrogen (secondary N) is 1. The first-order valence-corrected chi connectivity index (χ1v) is 11.7. The number of pyridine rings is 1. The van der Waals surface area contributed by atoms with E-state index < -0.39 is 18.5 Å². The fourth-order valence-corrected chi connectivity index (χ4v) is 3.91. The van der Waals surface area contributed by atoms with E-state index in [2.05, 4.69) is 10.3 Å². The zero-order valence-electron chi connectivity index (χ0n) is 19.1. The quantitative estimate of drug-likeness (QED) is 0.468. The minimum Gasteiger partial charge on any atom is -0.452 e. The zero-order chi connectivity index (χ0) is 24.1. The van der Waals surface area contributed by atoms with Gasteiger partial charge in [-0.05, 0) is 50.1 Å². The predicted octanol–water partition coefficient (Wildman–Crippen LogP) is 3.42. The highest BCUT2D eigenvalue weighted by Crippen LogP contribution is 2.40. The van der Waals surface area contributed by atoms with Gasteiger partial charge in [0.1, 0.15) is 11.1 Å². The van der Waals surface area contributed by atoms with E-state index in [1.807, 2.05) is 38.1 Å². The molecule has 1 aromatic carbocycles. The van der Waals surface area contributed by atoms with Crippen LogP contribution in [-0.2, 0) is 14.3 Å². The molecular weight excluding hydrogens is 440 g/mol. The molecule has 33 heavy (non-hydrogen) atoms. The Bertz CT molecular complexity index is 1120. The Kier molecular flexibility index (Phi) is 7.71. The average molecular weight is 467 g/mol. The highest BCUT2D eigenvalue weighted by molar-refractivity contribution is 7.98. The van der Waals surface area contributed by atoms with Gasteiger partial charge in [-0.25, -0.2) is 9.78 Å². The molecule has 9 heteroatoms. The third kappa shape index (κ3) is 5.90. The third-order valence-corrected chi connectivity index (χ3v) is 6.09. The highest BCUT2D eigenvalue weighted by Gasteiger charge is 2.29. The van der Waals surface area contributed by atoms with Crippen LogP contribution >= 0.6 is 11.8 Å². The molecule has 8 nitrogen and oxygen atoms in total. The summed E-state index contributed by atoms with van der Waals surface area (Å²) in [6, 6.07) is 9.29. The molecule has 0 spiro atoms. The Morgan fingerprint density at radius 3 is 2.52 bits per heavy atom. The van der Waals surface area contributed by atoms with Crippen LogP contribution in [0.3, 0.4) is 0 Å². The molecule has 1 saturated carbocycles. The number of ether oxygens (including phenoxy) is 1. The number of aryl methyl sites for hydroxylation is 2. The maximum Gasteiger partial charge on any atom is 0.340 e. The number of carbonyl (C=O) groups is 3. The average Bonchev–Trinajstić information content (AvgIpc) is 3.64. The predicted molar refractivity (Wildman–Crippen MR) is 125 cm³/mol. The Labute approximate surface area is 197 Å². The van der Waals surface area contributed by atoms with Crippen LogP contribution < -0.4 is 5.32 Å². The molecule has 2 amide bonds. The van der Waals surface area contributed by atoms with E-state index in [0.29, 0.717) is 16.6 Å². The molecule has 1 aromatic heterocycles. The van der Waals surface area contributed by atoms with Crippen molar-refractivity contribution in [3.8, 4) is 6.07 Å². The van der Waals surface area contributed by atoms with Gasteiger partial charge >= 0.3 is 5.97 Å². The Balaban J connectivity index is 1.61. The van der Waals surface area contributed by atoms with Crippen molar-refractivity contribution < 1.29 is 19.1 Å². The molecule has 0 unspecified atom stereocenters. The van der Waals surface area contributed by atoms with E-state index in [0.717, 1.165) is 29.7 Å². The maximum atomic E-state index is 12.7. The highest BCUT2D eigenvalue weighted by atomic mass is 32.2. The van der Waals surface area contributed by atoms with Crippen LogP contribution in [0.1, 0.15) is 51.5 Å². The lowest BCUT2D eigenvalue weighted by Crippen LogP contribution is -2.37. The van der Waals surface area contributed by atoms with E-state index >= 15 is 0 Å². The van der Waals surface area contributed by atoms with Crippen LogP contribution in [0, 0.1) is 25.2 Å². The molecule has 1 N–H and O–H groups in total. The number of rotatable bonds is 8. The number of amides is 2. The lowest BCUT2D eigenvalue weighted by atomic mass is 10.1. The molecule has 1 heterocycles. The van der Waals surface area contributed by atoms with E-state index in [4.69, 9.17) is 4.74 Å². The van der Waals surface area contributed by atoms with Crippen LogP contribution in [0.2, 0.25) is 0 Å². The monoisotopic (exact) mass is 466 g/mol. The van der Waals surface area contributed by atoms with Gasteiger partial charge in [0.15, 0.2) is 6.61 Å². The second-order valence-corrected chi connectivity index (χ2v) is 8.80. The van der Waals surface area contributed by atoms with Gasteiger partial charge in [-0.1, -0.05) is 18.2 Å². The molecule has 1 aliphatic rings. The number of hydrogen-bond donors (Lipinski definition) is 1. The summed E-state index contributed by atoms with van der Waals surface area (Å²) in [7, 11) is 1.46. The Hall–Kier alpha value is -3.38. The van der Waals surface area contributed by atoms with Crippen LogP contribution in [0.5, 0.6) is 0 Å². The van der Waals surface area contributed by atoms with Crippen molar-refractivity contribution in [2.45, 2.75) is 37.6 Å². The third-order valence-electron chi connectivity index (χ3n) is 5.41. The maximum absolute atomic E-state index is 12.7. The second kappa shape index (κ2) is 10.5. The van der Waals surface area contributed by atoms with Crippen molar-refractivity contribution in [1.29, 1.82) is 5.26 Å². The van der Waals surface area contributed by atoms with Crippen LogP contribution in [0.25, 0.3) is 0 Å². The summed E-state index contributed by atoms with van der Waals surface area (Å²) in [6.45, 7) is 3.06. The van der Waals surface area contributed by atoms with Crippen molar-refractivity contribution in [3.05, 3.63) is 52.2 Å². The van der Waals surface area contributed by atoms with E-state index in [1.54, 1.807) is 12.3 Å². The first-order valence-electron chi connectivity index (χ1n) is 10.5. The van der Waals surface area contributed by atoms with E-state index in [-0.39, 0.29) is 23.6 Å². The van der Waals surface area contributed by atoms with Gasteiger partial charge in [0.2, 0.25) is 5.91 Å². The zero-order valence-corrected chi connectivity index (χ0v) is 19.9. The summed E-state index contributed by atoms with van der Waals surface area (Å²) in [4.78, 5) is 43.2. The summed E-state index contributed by atoms with van der Waals surface area (Å²) in [5.74, 6) is -1.35. The molecular formula is C24H26N4O4S. The number of para-hydroxylation sites is 1. The van der Waals surface area contributed by atoms with Gasteiger partial charge in [0.05, 0.1) is 17.7 Å². The normalized spacial score (nSPS) is 12.6. The van der Waals surface area contributed by atoms with Gasteiger partial charge < -0.3 is 15.0 Å². The van der Waals surface area contributed by atoms with Gasteiger partial charge in [-0.2, -0.15) is 5.26 Å². The first-order chi connectivity index (χ1) is 15.7. The largest absolute Gasteiger partial charge is 0.452 e. The standard InChI is InChI=1S/C24H26N4O4S/c1-14-6-5-7-15(2)22(14)27-20(29)12-28(3)21(30)13-32-24(31)17-10-19(16-8-9-16)26-23(33-4)18(17)11-25/h5-7,10,16H,8-9,12-13H2,1-4H3,(H,27,29). The molecule has 2 aromatic rings. The van der Waals surface area contributed by atoms with Crippen LogP contribution in [-0.4, -0.2) is 54.1 Å². The first kappa shape index (κ1) is 24.3. The number of nitriles is 1. The van der Waals surface area contributed by atoms with Crippen molar-refractivity contribution in [1.82, 2.24) is 9.88 Å². The lowest BCUT2D eigenvalue weighted by Gasteiger charge is -2.18. The summed E-state index contributed by atoms with van der Waals surface area (Å²) >= 11 is 1.29. The summed E-state index contributed by atoms with van der Waals surface area (Å²) in [5, 5.41) is 12.8. The number of carbonyl (C=O) groups excluding carboxylic acids is 3. The van der Waals surface area contributed by atoms with Gasteiger partial charge in [0.25, 0.3) is 5.91 Å². The number of nitrogens with zero attached hydrogens (tertiary/aromatic N) is 3. The Morgan fingerprint density at radius 1 is 1.27 bits per heavy atom. The SMILES string of the molecule is CSc1nc(C2CC2)cc(C(=O)OCC(=O)N(C)CC(=O)Nc2c(C)cccc2C)c1C#N. The van der Waals surface area contributed by atoms with E-state index in [1.165, 1.54) is 23.7 Å². The fourth-order valence-electron chi connectivity index (χ4n) is 3.36. The Morgan fingerprint density at radius 2 is 1.94 bits per heavy atom. The van der Waals surface area contributed by atoms with Crippen molar-refractivity contribution >= 4 is 35.2 Å². The van der Waals surface area contributed by atoms with Crippen LogP contribution in [0.4, 0.5) is 5.69 Å². The number of esters is 1. The lowest BCUT2D eigenvalue weighted by molar-refractivity contribution is -0.136. The number of anilines is 1. The number of hydrogen-bond acceptors (Lipinski definition) is 7. The fraction of sp³-hybridized carbons (Fsp3) is 0.375. The van der Waals surface area contributed by atoms with Gasteiger partial charge in [-0.3, -0.25) is 9.59 Å². The molecule has 3 rings (SSSR count).